The average molecular weight is 875 g/mol. The molecule has 4 aromatic heterocycles. The Morgan fingerprint density at radius 1 is 0.350 bits per heavy atom. The Kier molecular flexibility index (Phi) is 18.1. The van der Waals surface area contributed by atoms with Crippen LogP contribution in [0.3, 0.4) is 0 Å². The van der Waals surface area contributed by atoms with Crippen LogP contribution in [0.5, 0.6) is 11.5 Å². The van der Waals surface area contributed by atoms with Crippen LogP contribution in [0.2, 0.25) is 0 Å². The topological polar surface area (TPSA) is 18.5 Å². The van der Waals surface area contributed by atoms with Gasteiger partial charge in [-0.15, -0.1) is 45.3 Å². The lowest BCUT2D eigenvalue weighted by Gasteiger charge is -2.09. The normalized spacial score (nSPS) is 11.6. The summed E-state index contributed by atoms with van der Waals surface area (Å²) in [5.41, 5.74) is 2.54. The first kappa shape index (κ1) is 44.6. The van der Waals surface area contributed by atoms with Crippen LogP contribution >= 0.6 is 45.3 Å². The van der Waals surface area contributed by atoms with Gasteiger partial charge in [0.1, 0.15) is 11.5 Å². The molecule has 6 heteroatoms. The molecule has 0 fully saturated rings. The lowest BCUT2D eigenvalue weighted by Crippen LogP contribution is -1.98. The maximum absolute atomic E-state index is 6.89. The number of fused-ring (bicyclic) bond motifs is 2. The molecule has 0 unspecified atom stereocenters. The molecule has 7 rings (SSSR count). The fraction of sp³-hybridized carbons (Fsp3) is 0.444. The molecule has 0 N–H and O–H groups in total. The highest BCUT2D eigenvalue weighted by Gasteiger charge is 2.23. The third kappa shape index (κ3) is 12.4. The molecule has 0 bridgehead atoms. The second kappa shape index (κ2) is 24.3. The molecule has 0 amide bonds. The highest BCUT2D eigenvalue weighted by molar-refractivity contribution is 7.29. The third-order valence-electron chi connectivity index (χ3n) is 11.7. The first-order valence-corrected chi connectivity index (χ1v) is 26.6. The summed E-state index contributed by atoms with van der Waals surface area (Å²) >= 11 is 7.51. The molecule has 0 aliphatic rings. The summed E-state index contributed by atoms with van der Waals surface area (Å²) in [7, 11) is 0. The molecular formula is C54H66O2S4. The molecule has 0 aliphatic heterocycles. The molecule has 0 aliphatic carbocycles. The number of rotatable bonds is 28. The predicted molar refractivity (Wildman–Crippen MR) is 269 cm³/mol. The molecule has 2 nitrogen and oxygen atoms in total. The number of thiophene rings is 4. The van der Waals surface area contributed by atoms with E-state index in [1.54, 1.807) is 0 Å². The van der Waals surface area contributed by atoms with E-state index in [2.05, 4.69) is 111 Å². The molecule has 0 spiro atoms. The quantitative estimate of drug-likeness (QED) is 0.0457. The molecule has 0 saturated heterocycles. The monoisotopic (exact) mass is 874 g/mol. The zero-order valence-corrected chi connectivity index (χ0v) is 39.5. The Balaban J connectivity index is 1.12. The molecule has 4 heterocycles. The molecule has 0 saturated carbocycles. The standard InChI is InChI=1S/C54H66O2S4/c1-3-5-7-9-11-13-15-17-19-27-37-55-51-43-39-50-44(40-49(43)59-53(51)47-35-33-45(57-47)41-29-23-21-24-30-41)52(56-38-28-20-18-16-14-12-10-8-6-4-2)54(60-50)48-36-34-46(58-48)42-31-25-22-26-32-42/h21-26,29-36,39-40H,3-20,27-28,37-38H2,1-2H3. The van der Waals surface area contributed by atoms with Crippen LogP contribution in [0.25, 0.3) is 60.6 Å². The van der Waals surface area contributed by atoms with Crippen molar-refractivity contribution in [2.75, 3.05) is 13.2 Å². The van der Waals surface area contributed by atoms with Gasteiger partial charge in [-0.1, -0.05) is 190 Å². The fourth-order valence-electron chi connectivity index (χ4n) is 8.21. The van der Waals surface area contributed by atoms with Crippen molar-refractivity contribution in [3.63, 3.8) is 0 Å². The van der Waals surface area contributed by atoms with Crippen molar-refractivity contribution in [3.8, 4) is 51.9 Å². The van der Waals surface area contributed by atoms with Crippen molar-refractivity contribution in [1.82, 2.24) is 0 Å². The third-order valence-corrected chi connectivity index (χ3v) is 16.6. The van der Waals surface area contributed by atoms with Gasteiger partial charge >= 0.3 is 0 Å². The Hall–Kier alpha value is -3.42. The number of hydrogen-bond acceptors (Lipinski definition) is 6. The van der Waals surface area contributed by atoms with Gasteiger partial charge in [-0.2, -0.15) is 0 Å². The summed E-state index contributed by atoms with van der Waals surface area (Å²) in [6.45, 7) is 6.10. The Bertz CT molecular complexity index is 2110. The minimum atomic E-state index is 0.755. The van der Waals surface area contributed by atoms with Gasteiger partial charge in [0.15, 0.2) is 0 Å². The summed E-state index contributed by atoms with van der Waals surface area (Å²) in [4.78, 5) is 7.65. The highest BCUT2D eigenvalue weighted by atomic mass is 32.1. The maximum atomic E-state index is 6.89. The van der Waals surface area contributed by atoms with Crippen LogP contribution in [0.1, 0.15) is 142 Å². The van der Waals surface area contributed by atoms with Crippen LogP contribution in [0, 0.1) is 0 Å². The summed E-state index contributed by atoms with van der Waals surface area (Å²) in [5, 5.41) is 2.46. The van der Waals surface area contributed by atoms with E-state index < -0.39 is 0 Å². The Labute approximate surface area is 377 Å². The van der Waals surface area contributed by atoms with Crippen LogP contribution in [-0.2, 0) is 0 Å². The van der Waals surface area contributed by atoms with E-state index in [-0.39, 0.29) is 0 Å². The second-order valence-electron chi connectivity index (χ2n) is 16.5. The smallest absolute Gasteiger partial charge is 0.146 e. The van der Waals surface area contributed by atoms with Crippen LogP contribution in [0.15, 0.2) is 97.1 Å². The van der Waals surface area contributed by atoms with E-state index in [0.717, 1.165) is 37.6 Å². The van der Waals surface area contributed by atoms with Crippen molar-refractivity contribution in [2.45, 2.75) is 142 Å². The number of ether oxygens (including phenoxy) is 2. The van der Waals surface area contributed by atoms with E-state index in [1.807, 2.05) is 45.3 Å². The van der Waals surface area contributed by atoms with Crippen LogP contribution in [0.4, 0.5) is 0 Å². The molecule has 60 heavy (non-hydrogen) atoms. The Morgan fingerprint density at radius 2 is 0.683 bits per heavy atom. The second-order valence-corrected chi connectivity index (χ2v) is 20.8. The van der Waals surface area contributed by atoms with Gasteiger partial charge in [0.2, 0.25) is 0 Å². The van der Waals surface area contributed by atoms with Crippen LogP contribution < -0.4 is 9.47 Å². The number of hydrogen-bond donors (Lipinski definition) is 0. The zero-order chi connectivity index (χ0) is 41.2. The van der Waals surface area contributed by atoms with Gasteiger partial charge in [-0.25, -0.2) is 0 Å². The number of unbranched alkanes of at least 4 members (excludes halogenated alkanes) is 18. The van der Waals surface area contributed by atoms with Gasteiger partial charge in [0.25, 0.3) is 0 Å². The SMILES string of the molecule is CCCCCCCCCCCCOc1c(-c2ccc(-c3ccccc3)s2)sc2cc3c(OCCCCCCCCCCCC)c(-c4ccc(-c5ccccc5)s4)sc3cc12. The molecule has 3 aromatic carbocycles. The average Bonchev–Trinajstić information content (AvgIpc) is 4.10. The molecule has 0 radical (unpaired) electrons. The van der Waals surface area contributed by atoms with Gasteiger partial charge < -0.3 is 9.47 Å². The van der Waals surface area contributed by atoms with Crippen molar-refractivity contribution in [2.24, 2.45) is 0 Å². The zero-order valence-electron chi connectivity index (χ0n) is 36.2. The van der Waals surface area contributed by atoms with Crippen molar-refractivity contribution < 1.29 is 9.47 Å². The largest absolute Gasteiger partial charge is 0.491 e. The van der Waals surface area contributed by atoms with E-state index >= 15 is 0 Å². The van der Waals surface area contributed by atoms with E-state index in [9.17, 15) is 0 Å². The van der Waals surface area contributed by atoms with Gasteiger partial charge in [0.05, 0.1) is 23.0 Å². The fourth-order valence-corrected chi connectivity index (χ4v) is 12.8. The van der Waals surface area contributed by atoms with Gasteiger partial charge in [0, 0.05) is 39.7 Å². The maximum Gasteiger partial charge on any atom is 0.146 e. The molecular weight excluding hydrogens is 809 g/mol. The summed E-state index contributed by atoms with van der Waals surface area (Å²) < 4.78 is 16.3. The molecule has 7 aromatic rings. The van der Waals surface area contributed by atoms with Gasteiger partial charge in [-0.05, 0) is 60.4 Å². The summed E-state index contributed by atoms with van der Waals surface area (Å²) in [5.74, 6) is 2.11. The predicted octanol–water partition coefficient (Wildman–Crippen LogP) is 19.5. The van der Waals surface area contributed by atoms with Crippen molar-refractivity contribution in [3.05, 3.63) is 97.1 Å². The van der Waals surface area contributed by atoms with Crippen molar-refractivity contribution >= 4 is 65.5 Å². The first-order valence-electron chi connectivity index (χ1n) is 23.3. The lowest BCUT2D eigenvalue weighted by atomic mass is 10.1. The minimum absolute atomic E-state index is 0.755. The van der Waals surface area contributed by atoms with Crippen molar-refractivity contribution in [1.29, 1.82) is 0 Å². The number of benzene rings is 3. The first-order chi connectivity index (χ1) is 29.7. The minimum Gasteiger partial charge on any atom is -0.491 e. The van der Waals surface area contributed by atoms with Gasteiger partial charge in [-0.3, -0.25) is 0 Å². The van der Waals surface area contributed by atoms with E-state index in [1.165, 1.54) is 176 Å². The Morgan fingerprint density at radius 3 is 1.05 bits per heavy atom. The molecule has 0 atom stereocenters. The van der Waals surface area contributed by atoms with E-state index in [0.29, 0.717) is 0 Å². The lowest BCUT2D eigenvalue weighted by molar-refractivity contribution is 0.309. The van der Waals surface area contributed by atoms with Crippen LogP contribution in [-0.4, -0.2) is 13.2 Å². The summed E-state index contributed by atoms with van der Waals surface area (Å²) in [6.07, 6.45) is 26.4. The molecule has 318 valence electrons. The van der Waals surface area contributed by atoms with E-state index in [4.69, 9.17) is 9.47 Å². The highest BCUT2D eigenvalue weighted by Crippen LogP contribution is 2.53. The summed E-state index contributed by atoms with van der Waals surface area (Å²) in [6, 6.07) is 35.5.